The molecule has 1 aromatic heterocycles. The first kappa shape index (κ1) is 16.0. The van der Waals surface area contributed by atoms with E-state index in [0.29, 0.717) is 11.6 Å². The second-order valence-electron chi connectivity index (χ2n) is 6.82. The number of rotatable bonds is 4. The lowest BCUT2D eigenvalue weighted by Crippen LogP contribution is -2.43. The number of anilines is 1. The van der Waals surface area contributed by atoms with E-state index < -0.39 is 0 Å². The summed E-state index contributed by atoms with van der Waals surface area (Å²) in [4.78, 5) is 14.6. The molecule has 5 nitrogen and oxygen atoms in total. The van der Waals surface area contributed by atoms with E-state index in [-0.39, 0.29) is 23.6 Å². The number of carbonyl (C=O) groups is 1. The number of hydrogen-bond donors (Lipinski definition) is 1. The standard InChI is InChI=1S/C19H21FN4O/c20-17-5-2-1-4-14(17)15-12-16(15)19(25)24-10-7-13(8-11-24)22-18-6-3-9-21-23-18/h1-6,9,13,15-16H,7-8,10-12H2,(H,22,23). The van der Waals surface area contributed by atoms with Crippen molar-refractivity contribution in [3.8, 4) is 0 Å². The van der Waals surface area contributed by atoms with E-state index in [4.69, 9.17) is 0 Å². The molecule has 1 saturated carbocycles. The van der Waals surface area contributed by atoms with Crippen LogP contribution in [-0.4, -0.2) is 40.1 Å². The smallest absolute Gasteiger partial charge is 0.226 e. The number of likely N-dealkylation sites (tertiary alicyclic amines) is 1. The molecule has 0 bridgehead atoms. The van der Waals surface area contributed by atoms with Crippen LogP contribution in [0.5, 0.6) is 0 Å². The molecule has 4 rings (SSSR count). The lowest BCUT2D eigenvalue weighted by atomic mass is 10.0. The Balaban J connectivity index is 1.30. The van der Waals surface area contributed by atoms with E-state index >= 15 is 0 Å². The van der Waals surface area contributed by atoms with Crippen molar-refractivity contribution >= 4 is 11.7 Å². The van der Waals surface area contributed by atoms with Gasteiger partial charge in [-0.3, -0.25) is 4.79 Å². The Bertz CT molecular complexity index is 746. The zero-order valence-electron chi connectivity index (χ0n) is 13.9. The number of nitrogens with one attached hydrogen (secondary N) is 1. The molecule has 130 valence electrons. The molecule has 1 N–H and O–H groups in total. The molecule has 2 atom stereocenters. The van der Waals surface area contributed by atoms with Crippen LogP contribution in [0.2, 0.25) is 0 Å². The molecule has 1 amide bonds. The summed E-state index contributed by atoms with van der Waals surface area (Å²) in [6.07, 6.45) is 4.18. The summed E-state index contributed by atoms with van der Waals surface area (Å²) >= 11 is 0. The molecule has 2 heterocycles. The molecular formula is C19H21FN4O. The summed E-state index contributed by atoms with van der Waals surface area (Å²) in [5.41, 5.74) is 0.681. The van der Waals surface area contributed by atoms with Gasteiger partial charge in [0.25, 0.3) is 0 Å². The maximum absolute atomic E-state index is 13.9. The Labute approximate surface area is 146 Å². The fourth-order valence-electron chi connectivity index (χ4n) is 3.65. The maximum Gasteiger partial charge on any atom is 0.226 e. The van der Waals surface area contributed by atoms with E-state index in [2.05, 4.69) is 15.5 Å². The van der Waals surface area contributed by atoms with Gasteiger partial charge in [0.1, 0.15) is 11.6 Å². The van der Waals surface area contributed by atoms with Gasteiger partial charge < -0.3 is 10.2 Å². The van der Waals surface area contributed by atoms with E-state index in [9.17, 15) is 9.18 Å². The highest BCUT2D eigenvalue weighted by molar-refractivity contribution is 5.83. The van der Waals surface area contributed by atoms with E-state index in [1.165, 1.54) is 6.07 Å². The summed E-state index contributed by atoms with van der Waals surface area (Å²) < 4.78 is 13.9. The van der Waals surface area contributed by atoms with Gasteiger partial charge in [-0.2, -0.15) is 5.10 Å². The molecule has 2 fully saturated rings. The third-order valence-electron chi connectivity index (χ3n) is 5.14. The topological polar surface area (TPSA) is 58.1 Å². The van der Waals surface area contributed by atoms with E-state index in [1.807, 2.05) is 23.1 Å². The molecule has 2 aliphatic rings. The minimum atomic E-state index is -0.199. The van der Waals surface area contributed by atoms with Crippen LogP contribution in [0, 0.1) is 11.7 Å². The van der Waals surface area contributed by atoms with Crippen molar-refractivity contribution in [1.29, 1.82) is 0 Å². The van der Waals surface area contributed by atoms with Gasteiger partial charge in [0.15, 0.2) is 0 Å². The molecule has 0 radical (unpaired) electrons. The average molecular weight is 340 g/mol. The van der Waals surface area contributed by atoms with Crippen molar-refractivity contribution in [3.05, 3.63) is 54.0 Å². The highest BCUT2D eigenvalue weighted by Gasteiger charge is 2.47. The lowest BCUT2D eigenvalue weighted by Gasteiger charge is -2.32. The van der Waals surface area contributed by atoms with Gasteiger partial charge in [0, 0.05) is 31.2 Å². The van der Waals surface area contributed by atoms with Crippen LogP contribution in [0.4, 0.5) is 10.2 Å². The van der Waals surface area contributed by atoms with Crippen LogP contribution >= 0.6 is 0 Å². The van der Waals surface area contributed by atoms with Gasteiger partial charge in [0.2, 0.25) is 5.91 Å². The minimum absolute atomic E-state index is 0.0455. The SMILES string of the molecule is O=C(C1CC1c1ccccc1F)N1CCC(Nc2cccnn2)CC1. The van der Waals surface area contributed by atoms with E-state index in [0.717, 1.165) is 38.2 Å². The van der Waals surface area contributed by atoms with Gasteiger partial charge >= 0.3 is 0 Å². The van der Waals surface area contributed by atoms with Crippen molar-refractivity contribution in [1.82, 2.24) is 15.1 Å². The van der Waals surface area contributed by atoms with Gasteiger partial charge in [0.05, 0.1) is 0 Å². The monoisotopic (exact) mass is 340 g/mol. The Morgan fingerprint density at radius 3 is 2.68 bits per heavy atom. The quantitative estimate of drug-likeness (QED) is 0.930. The Morgan fingerprint density at radius 1 is 1.16 bits per heavy atom. The van der Waals surface area contributed by atoms with Crippen LogP contribution in [-0.2, 0) is 4.79 Å². The lowest BCUT2D eigenvalue weighted by molar-refractivity contribution is -0.133. The van der Waals surface area contributed by atoms with Gasteiger partial charge in [-0.05, 0) is 48.9 Å². The van der Waals surface area contributed by atoms with Crippen LogP contribution in [0.3, 0.4) is 0 Å². The molecule has 0 spiro atoms. The minimum Gasteiger partial charge on any atom is -0.366 e. The first-order chi connectivity index (χ1) is 12.2. The third kappa shape index (κ3) is 3.48. The molecule has 1 aromatic carbocycles. The average Bonchev–Trinajstić information content (AvgIpc) is 3.44. The predicted molar refractivity (Wildman–Crippen MR) is 92.5 cm³/mol. The van der Waals surface area contributed by atoms with Crippen molar-refractivity contribution in [2.45, 2.75) is 31.2 Å². The van der Waals surface area contributed by atoms with Gasteiger partial charge in [-0.15, -0.1) is 5.10 Å². The number of benzene rings is 1. The van der Waals surface area contributed by atoms with Gasteiger partial charge in [-0.1, -0.05) is 18.2 Å². The molecule has 1 saturated heterocycles. The van der Waals surface area contributed by atoms with Crippen LogP contribution in [0.15, 0.2) is 42.6 Å². The summed E-state index contributed by atoms with van der Waals surface area (Å²) in [6, 6.07) is 10.8. The molecule has 6 heteroatoms. The fraction of sp³-hybridized carbons (Fsp3) is 0.421. The number of aromatic nitrogens is 2. The number of piperidine rings is 1. The number of halogens is 1. The second kappa shape index (κ2) is 6.78. The third-order valence-corrected chi connectivity index (χ3v) is 5.14. The zero-order chi connectivity index (χ0) is 17.2. The van der Waals surface area contributed by atoms with Gasteiger partial charge in [-0.25, -0.2) is 4.39 Å². The predicted octanol–water partition coefficient (Wildman–Crippen LogP) is 2.82. The highest BCUT2D eigenvalue weighted by Crippen LogP contribution is 2.49. The maximum atomic E-state index is 13.9. The molecule has 1 aliphatic heterocycles. The number of hydrogen-bond acceptors (Lipinski definition) is 4. The summed E-state index contributed by atoms with van der Waals surface area (Å²) in [7, 11) is 0. The second-order valence-corrected chi connectivity index (χ2v) is 6.82. The number of nitrogens with zero attached hydrogens (tertiary/aromatic N) is 3. The Kier molecular flexibility index (Phi) is 4.34. The van der Waals surface area contributed by atoms with Crippen molar-refractivity contribution < 1.29 is 9.18 Å². The summed E-state index contributed by atoms with van der Waals surface area (Å²) in [5.74, 6) is 0.737. The van der Waals surface area contributed by atoms with Crippen molar-refractivity contribution in [2.24, 2.45) is 5.92 Å². The zero-order valence-corrected chi connectivity index (χ0v) is 13.9. The molecule has 2 aromatic rings. The molecular weight excluding hydrogens is 319 g/mol. The molecule has 1 aliphatic carbocycles. The summed E-state index contributed by atoms with van der Waals surface area (Å²) in [5, 5.41) is 11.3. The van der Waals surface area contributed by atoms with Crippen LogP contribution in [0.1, 0.15) is 30.7 Å². The number of amides is 1. The largest absolute Gasteiger partial charge is 0.366 e. The summed E-state index contributed by atoms with van der Waals surface area (Å²) in [6.45, 7) is 1.47. The van der Waals surface area contributed by atoms with E-state index in [1.54, 1.807) is 18.3 Å². The molecule has 2 unspecified atom stereocenters. The Hall–Kier alpha value is -2.50. The number of carbonyl (C=O) groups excluding carboxylic acids is 1. The highest BCUT2D eigenvalue weighted by atomic mass is 19.1. The van der Waals surface area contributed by atoms with Crippen molar-refractivity contribution in [2.75, 3.05) is 18.4 Å². The fourth-order valence-corrected chi connectivity index (χ4v) is 3.65. The first-order valence-corrected chi connectivity index (χ1v) is 8.80. The van der Waals surface area contributed by atoms with Crippen LogP contribution < -0.4 is 5.32 Å². The normalized spacial score (nSPS) is 23.3. The van der Waals surface area contributed by atoms with Crippen molar-refractivity contribution in [3.63, 3.8) is 0 Å². The molecule has 25 heavy (non-hydrogen) atoms. The Morgan fingerprint density at radius 2 is 1.96 bits per heavy atom. The first-order valence-electron chi connectivity index (χ1n) is 8.80. The van der Waals surface area contributed by atoms with Crippen LogP contribution in [0.25, 0.3) is 0 Å².